The van der Waals surface area contributed by atoms with Crippen molar-refractivity contribution in [3.63, 3.8) is 0 Å². The first-order valence-electron chi connectivity index (χ1n) is 9.75. The molecule has 4 rings (SSSR count). The first-order chi connectivity index (χ1) is 15.0. The van der Waals surface area contributed by atoms with Gasteiger partial charge in [-0.1, -0.05) is 42.5 Å². The molecule has 1 amide bonds. The number of nitrogens with one attached hydrogen (secondary N) is 1. The zero-order valence-corrected chi connectivity index (χ0v) is 18.0. The van der Waals surface area contributed by atoms with Crippen LogP contribution in [0.4, 0.5) is 5.69 Å². The third-order valence-corrected chi connectivity index (χ3v) is 5.67. The summed E-state index contributed by atoms with van der Waals surface area (Å²) >= 11 is 1.54. The van der Waals surface area contributed by atoms with E-state index in [1.807, 2.05) is 79.9 Å². The fourth-order valence-electron chi connectivity index (χ4n) is 3.23. The Bertz CT molecular complexity index is 1190. The summed E-state index contributed by atoms with van der Waals surface area (Å²) in [4.78, 5) is 26.2. The van der Waals surface area contributed by atoms with Crippen molar-refractivity contribution < 1.29 is 14.3 Å². The standard InChI is InChI=1S/C24H21N3O3S/c1-16-8-6-9-17(2)23(16)25-22(28)15-30-24(29)20-14-19(21-12-7-13-31-21)26-27(20)18-10-4-3-5-11-18/h3-14H,15H2,1-2H3,(H,25,28). The van der Waals surface area contributed by atoms with Crippen LogP contribution in [-0.4, -0.2) is 28.3 Å². The summed E-state index contributed by atoms with van der Waals surface area (Å²) in [5, 5.41) is 9.36. The SMILES string of the molecule is Cc1cccc(C)c1NC(=O)COC(=O)c1cc(-c2cccs2)nn1-c1ccccc1. The Morgan fingerprint density at radius 1 is 1.00 bits per heavy atom. The predicted molar refractivity (Wildman–Crippen MR) is 122 cm³/mol. The van der Waals surface area contributed by atoms with E-state index >= 15 is 0 Å². The normalized spacial score (nSPS) is 10.6. The lowest BCUT2D eigenvalue weighted by atomic mass is 10.1. The molecule has 0 atom stereocenters. The molecule has 0 fully saturated rings. The molecule has 0 unspecified atom stereocenters. The molecular formula is C24H21N3O3S. The number of hydrogen-bond donors (Lipinski definition) is 1. The van der Waals surface area contributed by atoms with Gasteiger partial charge in [0.25, 0.3) is 5.91 Å². The van der Waals surface area contributed by atoms with E-state index in [4.69, 9.17) is 4.74 Å². The van der Waals surface area contributed by atoms with E-state index in [0.29, 0.717) is 5.69 Å². The number of carbonyl (C=O) groups is 2. The molecule has 2 aromatic carbocycles. The van der Waals surface area contributed by atoms with Crippen molar-refractivity contribution in [2.24, 2.45) is 0 Å². The number of rotatable bonds is 6. The highest BCUT2D eigenvalue weighted by Crippen LogP contribution is 2.26. The van der Waals surface area contributed by atoms with Crippen molar-refractivity contribution in [3.8, 4) is 16.3 Å². The summed E-state index contributed by atoms with van der Waals surface area (Å²) in [6, 6.07) is 20.7. The molecule has 4 aromatic rings. The summed E-state index contributed by atoms with van der Waals surface area (Å²) in [6.45, 7) is 3.44. The highest BCUT2D eigenvalue weighted by molar-refractivity contribution is 7.13. The number of aryl methyl sites for hydroxylation is 2. The largest absolute Gasteiger partial charge is 0.451 e. The lowest BCUT2D eigenvalue weighted by molar-refractivity contribution is -0.119. The van der Waals surface area contributed by atoms with Gasteiger partial charge in [-0.3, -0.25) is 4.79 Å². The molecule has 0 radical (unpaired) electrons. The van der Waals surface area contributed by atoms with Crippen molar-refractivity contribution >= 4 is 28.9 Å². The molecule has 1 N–H and O–H groups in total. The maximum absolute atomic E-state index is 12.9. The molecule has 0 aliphatic rings. The van der Waals surface area contributed by atoms with Gasteiger partial charge >= 0.3 is 5.97 Å². The van der Waals surface area contributed by atoms with Crippen molar-refractivity contribution in [2.75, 3.05) is 11.9 Å². The molecule has 0 aliphatic heterocycles. The first kappa shape index (κ1) is 20.6. The van der Waals surface area contributed by atoms with Gasteiger partial charge in [0.05, 0.1) is 10.6 Å². The Morgan fingerprint density at radius 3 is 2.42 bits per heavy atom. The van der Waals surface area contributed by atoms with Gasteiger partial charge in [-0.2, -0.15) is 5.10 Å². The second kappa shape index (κ2) is 8.97. The summed E-state index contributed by atoms with van der Waals surface area (Å²) in [5.74, 6) is -1.01. The van der Waals surface area contributed by atoms with E-state index in [1.54, 1.807) is 10.7 Å². The van der Waals surface area contributed by atoms with Crippen LogP contribution < -0.4 is 5.32 Å². The molecule has 31 heavy (non-hydrogen) atoms. The molecule has 6 nitrogen and oxygen atoms in total. The highest BCUT2D eigenvalue weighted by atomic mass is 32.1. The second-order valence-corrected chi connectivity index (χ2v) is 7.98. The van der Waals surface area contributed by atoms with Crippen LogP contribution in [0.25, 0.3) is 16.3 Å². The van der Waals surface area contributed by atoms with Crippen molar-refractivity contribution in [1.29, 1.82) is 0 Å². The predicted octanol–water partition coefficient (Wildman–Crippen LogP) is 5.01. The van der Waals surface area contributed by atoms with E-state index in [9.17, 15) is 9.59 Å². The van der Waals surface area contributed by atoms with Gasteiger partial charge in [0.15, 0.2) is 12.3 Å². The summed E-state index contributed by atoms with van der Waals surface area (Å²) < 4.78 is 6.87. The number of benzene rings is 2. The number of ether oxygens (including phenoxy) is 1. The molecule has 0 saturated carbocycles. The molecule has 0 saturated heterocycles. The monoisotopic (exact) mass is 431 g/mol. The molecule has 0 bridgehead atoms. The summed E-state index contributed by atoms with van der Waals surface area (Å²) in [6.07, 6.45) is 0. The van der Waals surface area contributed by atoms with E-state index < -0.39 is 11.9 Å². The number of thiophene rings is 1. The Hall–Kier alpha value is -3.71. The van der Waals surface area contributed by atoms with Gasteiger partial charge in [0.1, 0.15) is 5.69 Å². The Balaban J connectivity index is 1.53. The van der Waals surface area contributed by atoms with Crippen molar-refractivity contribution in [3.05, 3.63) is 88.9 Å². The van der Waals surface area contributed by atoms with Gasteiger partial charge < -0.3 is 10.1 Å². The minimum Gasteiger partial charge on any atom is -0.451 e. The number of aromatic nitrogens is 2. The number of carbonyl (C=O) groups excluding carboxylic acids is 2. The van der Waals surface area contributed by atoms with Gasteiger partial charge in [-0.15, -0.1) is 11.3 Å². The van der Waals surface area contributed by atoms with Crippen LogP contribution in [0.5, 0.6) is 0 Å². The van der Waals surface area contributed by atoms with Crippen LogP contribution in [0.3, 0.4) is 0 Å². The smallest absolute Gasteiger partial charge is 0.357 e. The van der Waals surface area contributed by atoms with Crippen LogP contribution in [0.1, 0.15) is 21.6 Å². The number of para-hydroxylation sites is 2. The molecule has 7 heteroatoms. The van der Waals surface area contributed by atoms with Gasteiger partial charge in [-0.05, 0) is 48.6 Å². The molecular weight excluding hydrogens is 410 g/mol. The Morgan fingerprint density at radius 2 is 1.74 bits per heavy atom. The zero-order valence-electron chi connectivity index (χ0n) is 17.2. The zero-order chi connectivity index (χ0) is 21.8. The fraction of sp³-hybridized carbons (Fsp3) is 0.125. The Labute approximate surface area is 184 Å². The molecule has 0 aliphatic carbocycles. The van der Waals surface area contributed by atoms with Crippen LogP contribution >= 0.6 is 11.3 Å². The second-order valence-electron chi connectivity index (χ2n) is 7.03. The van der Waals surface area contributed by atoms with E-state index in [2.05, 4.69) is 10.4 Å². The number of esters is 1. The first-order valence-corrected chi connectivity index (χ1v) is 10.6. The van der Waals surface area contributed by atoms with E-state index in [0.717, 1.165) is 27.4 Å². The molecule has 2 heterocycles. The Kier molecular flexibility index (Phi) is 5.95. The minimum atomic E-state index is -0.615. The maximum Gasteiger partial charge on any atom is 0.357 e. The third-order valence-electron chi connectivity index (χ3n) is 4.77. The topological polar surface area (TPSA) is 73.2 Å². The number of anilines is 1. The lowest BCUT2D eigenvalue weighted by Gasteiger charge is -2.12. The van der Waals surface area contributed by atoms with Crippen molar-refractivity contribution in [1.82, 2.24) is 9.78 Å². The average Bonchev–Trinajstić information content (AvgIpc) is 3.45. The van der Waals surface area contributed by atoms with Crippen molar-refractivity contribution in [2.45, 2.75) is 13.8 Å². The van der Waals surface area contributed by atoms with E-state index in [1.165, 1.54) is 11.3 Å². The number of amides is 1. The number of hydrogen-bond acceptors (Lipinski definition) is 5. The maximum atomic E-state index is 12.9. The van der Waals surface area contributed by atoms with Crippen LogP contribution in [0.15, 0.2) is 72.1 Å². The molecule has 0 spiro atoms. The lowest BCUT2D eigenvalue weighted by Crippen LogP contribution is -2.23. The third kappa shape index (κ3) is 4.57. The highest BCUT2D eigenvalue weighted by Gasteiger charge is 2.20. The number of nitrogens with zero attached hydrogens (tertiary/aromatic N) is 2. The van der Waals surface area contributed by atoms with Gasteiger partial charge in [0, 0.05) is 11.8 Å². The summed E-state index contributed by atoms with van der Waals surface area (Å²) in [5.41, 5.74) is 4.29. The fourth-order valence-corrected chi connectivity index (χ4v) is 3.91. The van der Waals surface area contributed by atoms with Crippen LogP contribution in [0.2, 0.25) is 0 Å². The van der Waals surface area contributed by atoms with Crippen LogP contribution in [-0.2, 0) is 9.53 Å². The molecule has 2 aromatic heterocycles. The van der Waals surface area contributed by atoms with Gasteiger partial charge in [-0.25, -0.2) is 9.48 Å². The van der Waals surface area contributed by atoms with Gasteiger partial charge in [0.2, 0.25) is 0 Å². The molecule has 156 valence electrons. The summed E-state index contributed by atoms with van der Waals surface area (Å²) in [7, 11) is 0. The quantitative estimate of drug-likeness (QED) is 0.436. The minimum absolute atomic E-state index is 0.259. The van der Waals surface area contributed by atoms with Crippen LogP contribution in [0, 0.1) is 13.8 Å². The average molecular weight is 432 g/mol. The van der Waals surface area contributed by atoms with E-state index in [-0.39, 0.29) is 12.3 Å².